The summed E-state index contributed by atoms with van der Waals surface area (Å²) in [5.41, 5.74) is -1.29. The Labute approximate surface area is 102 Å². The van der Waals surface area contributed by atoms with Crippen LogP contribution in [0.3, 0.4) is 0 Å². The smallest absolute Gasteiger partial charge is 0.417 e. The van der Waals surface area contributed by atoms with E-state index in [1.807, 2.05) is 0 Å². The molecule has 0 aliphatic rings. The topological polar surface area (TPSA) is 26.3 Å². The molecule has 2 nitrogen and oxygen atoms in total. The van der Waals surface area contributed by atoms with Crippen molar-refractivity contribution in [3.63, 3.8) is 0 Å². The number of halogens is 5. The van der Waals surface area contributed by atoms with Crippen LogP contribution in [0.4, 0.5) is 13.2 Å². The summed E-state index contributed by atoms with van der Waals surface area (Å²) in [5, 5.41) is -1.00. The summed E-state index contributed by atoms with van der Waals surface area (Å²) in [5.74, 6) is -0.0140. The van der Waals surface area contributed by atoms with Gasteiger partial charge in [-0.05, 0) is 23.7 Å². The lowest BCUT2D eigenvalue weighted by atomic mass is 10.1. The third-order valence-corrected chi connectivity index (χ3v) is 2.67. The Hall–Kier alpha value is -0.750. The SMILES string of the molecule is COc1cc(Br)c(C(F)(F)F)cc1C(=O)Cl. The van der Waals surface area contributed by atoms with Crippen LogP contribution in [0, 0.1) is 0 Å². The van der Waals surface area contributed by atoms with Crippen molar-refractivity contribution in [2.45, 2.75) is 6.18 Å². The molecule has 0 atom stereocenters. The van der Waals surface area contributed by atoms with E-state index in [4.69, 9.17) is 16.3 Å². The first kappa shape index (κ1) is 13.3. The van der Waals surface area contributed by atoms with E-state index in [0.717, 1.165) is 6.07 Å². The maximum Gasteiger partial charge on any atom is 0.417 e. The molecule has 1 rings (SSSR count). The van der Waals surface area contributed by atoms with Crippen molar-refractivity contribution < 1.29 is 22.7 Å². The molecule has 0 saturated heterocycles. The van der Waals surface area contributed by atoms with Crippen molar-refractivity contribution >= 4 is 32.8 Å². The van der Waals surface area contributed by atoms with Gasteiger partial charge in [0, 0.05) is 4.47 Å². The molecule has 0 radical (unpaired) electrons. The monoisotopic (exact) mass is 316 g/mol. The van der Waals surface area contributed by atoms with Gasteiger partial charge in [0.25, 0.3) is 5.24 Å². The molecule has 0 aromatic heterocycles. The quantitative estimate of drug-likeness (QED) is 0.774. The first-order valence-electron chi connectivity index (χ1n) is 3.92. The third kappa shape index (κ3) is 2.68. The van der Waals surface area contributed by atoms with Gasteiger partial charge >= 0.3 is 6.18 Å². The molecule has 0 bridgehead atoms. The van der Waals surface area contributed by atoms with Crippen LogP contribution in [0.5, 0.6) is 5.75 Å². The predicted octanol–water partition coefficient (Wildman–Crippen LogP) is 3.86. The fourth-order valence-electron chi connectivity index (χ4n) is 1.09. The van der Waals surface area contributed by atoms with Gasteiger partial charge in [-0.3, -0.25) is 4.79 Å². The molecule has 0 amide bonds. The minimum Gasteiger partial charge on any atom is -0.496 e. The van der Waals surface area contributed by atoms with Crippen LogP contribution in [0.2, 0.25) is 0 Å². The van der Waals surface area contributed by atoms with Gasteiger partial charge in [0.15, 0.2) is 0 Å². The van der Waals surface area contributed by atoms with Crippen LogP contribution in [-0.4, -0.2) is 12.4 Å². The molecule has 16 heavy (non-hydrogen) atoms. The van der Waals surface area contributed by atoms with Crippen LogP contribution in [0.1, 0.15) is 15.9 Å². The van der Waals surface area contributed by atoms with Gasteiger partial charge in [-0.2, -0.15) is 13.2 Å². The van der Waals surface area contributed by atoms with E-state index in [1.165, 1.54) is 7.11 Å². The van der Waals surface area contributed by atoms with E-state index in [-0.39, 0.29) is 15.8 Å². The number of carbonyl (C=O) groups excluding carboxylic acids is 1. The zero-order valence-electron chi connectivity index (χ0n) is 7.86. The standard InChI is InChI=1S/C9H5BrClF3O2/c1-16-7-3-6(10)5(9(12,13)14)2-4(7)8(11)15/h2-3H,1H3. The molecule has 0 spiro atoms. The minimum absolute atomic E-state index is 0.0140. The van der Waals surface area contributed by atoms with Crippen LogP contribution >= 0.6 is 27.5 Å². The van der Waals surface area contributed by atoms with Gasteiger partial charge in [0.1, 0.15) is 5.75 Å². The highest BCUT2D eigenvalue weighted by atomic mass is 79.9. The van der Waals surface area contributed by atoms with Gasteiger partial charge in [-0.1, -0.05) is 15.9 Å². The van der Waals surface area contributed by atoms with Crippen LogP contribution in [-0.2, 0) is 6.18 Å². The lowest BCUT2D eigenvalue weighted by Crippen LogP contribution is -2.08. The van der Waals surface area contributed by atoms with E-state index in [2.05, 4.69) is 15.9 Å². The van der Waals surface area contributed by atoms with E-state index in [9.17, 15) is 18.0 Å². The van der Waals surface area contributed by atoms with Crippen molar-refractivity contribution in [2.24, 2.45) is 0 Å². The molecule has 0 fully saturated rings. The Morgan fingerprint density at radius 3 is 2.38 bits per heavy atom. The Kier molecular flexibility index (Phi) is 3.85. The fraction of sp³-hybridized carbons (Fsp3) is 0.222. The molecule has 1 aromatic carbocycles. The lowest BCUT2D eigenvalue weighted by Gasteiger charge is -2.12. The lowest BCUT2D eigenvalue weighted by molar-refractivity contribution is -0.138. The van der Waals surface area contributed by atoms with Gasteiger partial charge < -0.3 is 4.74 Å². The highest BCUT2D eigenvalue weighted by Crippen LogP contribution is 2.38. The number of carbonyl (C=O) groups is 1. The fourth-order valence-corrected chi connectivity index (χ4v) is 1.79. The third-order valence-electron chi connectivity index (χ3n) is 1.81. The highest BCUT2D eigenvalue weighted by Gasteiger charge is 2.34. The minimum atomic E-state index is -4.56. The highest BCUT2D eigenvalue weighted by molar-refractivity contribution is 9.10. The number of methoxy groups -OCH3 is 1. The zero-order chi connectivity index (χ0) is 12.5. The number of hydrogen-bond donors (Lipinski definition) is 0. The van der Waals surface area contributed by atoms with Crippen molar-refractivity contribution in [3.05, 3.63) is 27.7 Å². The Balaban J connectivity index is 3.45. The maximum absolute atomic E-state index is 12.5. The molecule has 0 heterocycles. The van der Waals surface area contributed by atoms with E-state index < -0.39 is 17.0 Å². The molecule has 0 saturated carbocycles. The van der Waals surface area contributed by atoms with E-state index >= 15 is 0 Å². The molecular weight excluding hydrogens is 312 g/mol. The maximum atomic E-state index is 12.5. The molecule has 88 valence electrons. The van der Waals surface area contributed by atoms with Crippen molar-refractivity contribution in [1.29, 1.82) is 0 Å². The first-order valence-corrected chi connectivity index (χ1v) is 5.09. The number of hydrogen-bond acceptors (Lipinski definition) is 2. The number of rotatable bonds is 2. The number of alkyl halides is 3. The predicted molar refractivity (Wildman–Crippen MR) is 55.9 cm³/mol. The van der Waals surface area contributed by atoms with Crippen molar-refractivity contribution in [1.82, 2.24) is 0 Å². The summed E-state index contributed by atoms with van der Waals surface area (Å²) in [7, 11) is 1.23. The second kappa shape index (κ2) is 4.63. The average Bonchev–Trinajstić information content (AvgIpc) is 2.14. The molecular formula is C9H5BrClF3O2. The summed E-state index contributed by atoms with van der Waals surface area (Å²) in [4.78, 5) is 10.9. The number of ether oxygens (including phenoxy) is 1. The van der Waals surface area contributed by atoms with Crippen LogP contribution < -0.4 is 4.74 Å². The van der Waals surface area contributed by atoms with Crippen LogP contribution in [0.15, 0.2) is 16.6 Å². The summed E-state index contributed by atoms with van der Waals surface area (Å²) in [6, 6.07) is 1.71. The van der Waals surface area contributed by atoms with Gasteiger partial charge in [-0.15, -0.1) is 0 Å². The largest absolute Gasteiger partial charge is 0.496 e. The van der Waals surface area contributed by atoms with Gasteiger partial charge in [0.2, 0.25) is 0 Å². The Morgan fingerprint density at radius 2 is 2.00 bits per heavy atom. The Morgan fingerprint density at radius 1 is 1.44 bits per heavy atom. The van der Waals surface area contributed by atoms with E-state index in [0.29, 0.717) is 6.07 Å². The zero-order valence-corrected chi connectivity index (χ0v) is 10.2. The van der Waals surface area contributed by atoms with Gasteiger partial charge in [-0.25, -0.2) is 0 Å². The molecule has 0 unspecified atom stereocenters. The summed E-state index contributed by atoms with van der Waals surface area (Å²) in [6.07, 6.45) is -4.56. The summed E-state index contributed by atoms with van der Waals surface area (Å²) < 4.78 is 42.1. The Bertz CT molecular complexity index is 431. The summed E-state index contributed by atoms with van der Waals surface area (Å²) >= 11 is 7.91. The van der Waals surface area contributed by atoms with Crippen LogP contribution in [0.25, 0.3) is 0 Å². The normalized spacial score (nSPS) is 11.4. The van der Waals surface area contributed by atoms with Crippen molar-refractivity contribution in [3.8, 4) is 5.75 Å². The average molecular weight is 317 g/mol. The van der Waals surface area contributed by atoms with Gasteiger partial charge in [0.05, 0.1) is 18.2 Å². The molecule has 0 N–H and O–H groups in total. The second-order valence-corrected chi connectivity index (χ2v) is 4.00. The van der Waals surface area contributed by atoms with E-state index in [1.54, 1.807) is 0 Å². The first-order chi connectivity index (χ1) is 7.27. The summed E-state index contributed by atoms with van der Waals surface area (Å²) in [6.45, 7) is 0. The van der Waals surface area contributed by atoms with Crippen molar-refractivity contribution in [2.75, 3.05) is 7.11 Å². The molecule has 0 aliphatic carbocycles. The molecule has 7 heteroatoms. The second-order valence-electron chi connectivity index (χ2n) is 2.80. The molecule has 1 aromatic rings. The number of benzene rings is 1. The molecule has 0 aliphatic heterocycles.